The van der Waals surface area contributed by atoms with E-state index in [9.17, 15) is 0 Å². The molecule has 0 aliphatic carbocycles. The lowest BCUT2D eigenvalue weighted by molar-refractivity contribution is 1.07. The highest BCUT2D eigenvalue weighted by Crippen LogP contribution is 2.40. The highest BCUT2D eigenvalue weighted by Gasteiger charge is 2.17. The van der Waals surface area contributed by atoms with Gasteiger partial charge >= 0.3 is 0 Å². The minimum atomic E-state index is 0.553. The van der Waals surface area contributed by atoms with E-state index in [1.54, 1.807) is 0 Å². The molecule has 0 N–H and O–H groups in total. The molecule has 0 atom stereocenters. The molecule has 4 heteroatoms. The fourth-order valence-corrected chi connectivity index (χ4v) is 5.27. The van der Waals surface area contributed by atoms with E-state index in [1.807, 2.05) is 60.7 Å². The number of hydrogen-bond acceptors (Lipinski definition) is 3. The molecule has 0 aliphatic heterocycles. The number of rotatable bonds is 3. The topological polar surface area (TPSA) is 38.7 Å². The summed E-state index contributed by atoms with van der Waals surface area (Å²) in [6, 6.07) is 41.1. The Morgan fingerprint density at radius 3 is 1.24 bits per heavy atom. The molecular weight excluding hydrogens is 474 g/mol. The van der Waals surface area contributed by atoms with Crippen molar-refractivity contribution in [2.45, 2.75) is 0 Å². The third-order valence-electron chi connectivity index (χ3n) is 6.77. The van der Waals surface area contributed by atoms with Crippen LogP contribution in [0.5, 0.6) is 0 Å². The lowest BCUT2D eigenvalue weighted by atomic mass is 9.93. The largest absolute Gasteiger partial charge is 0.208 e. The molecule has 0 saturated carbocycles. The van der Waals surface area contributed by atoms with E-state index < -0.39 is 0 Å². The van der Waals surface area contributed by atoms with Crippen LogP contribution in [0, 0.1) is 0 Å². The molecule has 0 fully saturated rings. The Morgan fingerprint density at radius 2 is 0.757 bits per heavy atom. The minimum absolute atomic E-state index is 0.553. The van der Waals surface area contributed by atoms with Crippen LogP contribution < -0.4 is 0 Å². The zero-order valence-electron chi connectivity index (χ0n) is 19.8. The van der Waals surface area contributed by atoms with Gasteiger partial charge in [0.15, 0.2) is 17.5 Å². The van der Waals surface area contributed by atoms with Crippen molar-refractivity contribution in [3.05, 3.63) is 126 Å². The fraction of sp³-hybridized carbons (Fsp3) is 0. The Labute approximate surface area is 219 Å². The van der Waals surface area contributed by atoms with Crippen LogP contribution in [0.2, 0.25) is 5.02 Å². The Hall–Kier alpha value is -4.60. The lowest BCUT2D eigenvalue weighted by Crippen LogP contribution is -2.00. The summed E-state index contributed by atoms with van der Waals surface area (Å²) in [4.78, 5) is 14.6. The number of fused-ring (bicyclic) bond motifs is 6. The first-order chi connectivity index (χ1) is 18.3. The minimum Gasteiger partial charge on any atom is -0.208 e. The van der Waals surface area contributed by atoms with Gasteiger partial charge in [0.1, 0.15) is 0 Å². The maximum Gasteiger partial charge on any atom is 0.165 e. The van der Waals surface area contributed by atoms with Crippen molar-refractivity contribution in [2.75, 3.05) is 0 Å². The van der Waals surface area contributed by atoms with Crippen molar-refractivity contribution in [3.63, 3.8) is 0 Å². The van der Waals surface area contributed by atoms with Crippen molar-refractivity contribution < 1.29 is 0 Å². The molecular formula is C33H20ClN3. The first-order valence-electron chi connectivity index (χ1n) is 12.2. The lowest BCUT2D eigenvalue weighted by Gasteiger charge is -2.14. The summed E-state index contributed by atoms with van der Waals surface area (Å²) in [6.45, 7) is 0. The van der Waals surface area contributed by atoms with Gasteiger partial charge in [0.25, 0.3) is 0 Å². The van der Waals surface area contributed by atoms with Crippen LogP contribution in [-0.4, -0.2) is 15.0 Å². The standard InChI is InChI=1S/C33H20ClN3/c34-30-20-28-26-18-10-8-16-24(26)23-15-7-9-17-25(23)27(28)19-29(30)33-36-31(21-11-3-1-4-12-21)35-32(37-33)22-13-5-2-6-14-22/h1-20H. The third kappa shape index (κ3) is 3.72. The normalized spacial score (nSPS) is 11.4. The van der Waals surface area contributed by atoms with Gasteiger partial charge < -0.3 is 0 Å². The Balaban J connectivity index is 1.54. The molecule has 37 heavy (non-hydrogen) atoms. The summed E-state index contributed by atoms with van der Waals surface area (Å²) in [5, 5.41) is 7.62. The zero-order chi connectivity index (χ0) is 24.8. The molecule has 7 rings (SSSR count). The van der Waals surface area contributed by atoms with Crippen LogP contribution in [0.4, 0.5) is 0 Å². The SMILES string of the molecule is Clc1cc2c3ccccc3c3ccccc3c2cc1-c1nc(-c2ccccc2)nc(-c2ccccc2)n1. The molecule has 1 aromatic heterocycles. The fourth-order valence-electron chi connectivity index (χ4n) is 5.03. The summed E-state index contributed by atoms with van der Waals surface area (Å²) < 4.78 is 0. The second-order valence-electron chi connectivity index (χ2n) is 9.01. The van der Waals surface area contributed by atoms with Crippen molar-refractivity contribution in [1.29, 1.82) is 0 Å². The summed E-state index contributed by atoms with van der Waals surface area (Å²) in [5.74, 6) is 1.78. The van der Waals surface area contributed by atoms with Gasteiger partial charge in [0, 0.05) is 16.7 Å². The van der Waals surface area contributed by atoms with Crippen molar-refractivity contribution >= 4 is 43.9 Å². The van der Waals surface area contributed by atoms with Gasteiger partial charge in [-0.25, -0.2) is 15.0 Å². The van der Waals surface area contributed by atoms with Crippen LogP contribution >= 0.6 is 11.6 Å². The molecule has 0 unspecified atom stereocenters. The van der Waals surface area contributed by atoms with Gasteiger partial charge in [-0.2, -0.15) is 0 Å². The molecule has 0 aliphatic rings. The monoisotopic (exact) mass is 493 g/mol. The van der Waals surface area contributed by atoms with E-state index in [1.165, 1.54) is 21.5 Å². The highest BCUT2D eigenvalue weighted by molar-refractivity contribution is 6.36. The Kier molecular flexibility index (Phi) is 5.16. The summed E-state index contributed by atoms with van der Waals surface area (Å²) in [6.07, 6.45) is 0. The number of nitrogens with zero attached hydrogens (tertiary/aromatic N) is 3. The van der Waals surface area contributed by atoms with Gasteiger partial charge in [0.05, 0.1) is 5.02 Å². The average molecular weight is 494 g/mol. The van der Waals surface area contributed by atoms with Crippen LogP contribution in [0.25, 0.3) is 66.5 Å². The van der Waals surface area contributed by atoms with E-state index >= 15 is 0 Å². The third-order valence-corrected chi connectivity index (χ3v) is 7.08. The quantitative estimate of drug-likeness (QED) is 0.230. The molecule has 7 aromatic rings. The predicted octanol–water partition coefficient (Wildman–Crippen LogP) is 8.99. The molecule has 174 valence electrons. The first-order valence-corrected chi connectivity index (χ1v) is 12.5. The predicted molar refractivity (Wildman–Crippen MR) is 154 cm³/mol. The second-order valence-corrected chi connectivity index (χ2v) is 9.41. The van der Waals surface area contributed by atoms with Crippen LogP contribution in [0.1, 0.15) is 0 Å². The van der Waals surface area contributed by atoms with E-state index in [0.717, 1.165) is 27.5 Å². The van der Waals surface area contributed by atoms with Crippen LogP contribution in [0.15, 0.2) is 121 Å². The van der Waals surface area contributed by atoms with E-state index in [-0.39, 0.29) is 0 Å². The van der Waals surface area contributed by atoms with Gasteiger partial charge in [-0.15, -0.1) is 0 Å². The van der Waals surface area contributed by atoms with Gasteiger partial charge in [-0.3, -0.25) is 0 Å². The maximum atomic E-state index is 6.99. The average Bonchev–Trinajstić information content (AvgIpc) is 2.98. The van der Waals surface area contributed by atoms with Crippen molar-refractivity contribution in [1.82, 2.24) is 15.0 Å². The molecule has 0 saturated heterocycles. The molecule has 3 nitrogen and oxygen atoms in total. The second kappa shape index (κ2) is 8.81. The number of benzene rings is 6. The molecule has 1 heterocycles. The highest BCUT2D eigenvalue weighted by atomic mass is 35.5. The Morgan fingerprint density at radius 1 is 0.378 bits per heavy atom. The van der Waals surface area contributed by atoms with Gasteiger partial charge in [0.2, 0.25) is 0 Å². The van der Waals surface area contributed by atoms with Crippen LogP contribution in [0.3, 0.4) is 0 Å². The molecule has 6 aromatic carbocycles. The van der Waals surface area contributed by atoms with E-state index in [4.69, 9.17) is 26.6 Å². The molecule has 0 amide bonds. The summed E-state index contributed by atoms with van der Waals surface area (Å²) >= 11 is 6.99. The number of hydrogen-bond donors (Lipinski definition) is 0. The smallest absolute Gasteiger partial charge is 0.165 e. The summed E-state index contributed by atoms with van der Waals surface area (Å²) in [7, 11) is 0. The maximum absolute atomic E-state index is 6.99. The van der Waals surface area contributed by atoms with Crippen molar-refractivity contribution in [3.8, 4) is 34.2 Å². The van der Waals surface area contributed by atoms with Gasteiger partial charge in [-0.1, -0.05) is 121 Å². The molecule has 0 radical (unpaired) electrons. The molecule has 0 bridgehead atoms. The Bertz CT molecular complexity index is 1880. The van der Waals surface area contributed by atoms with E-state index in [0.29, 0.717) is 22.5 Å². The van der Waals surface area contributed by atoms with E-state index in [2.05, 4.69) is 60.7 Å². The molecule has 0 spiro atoms. The number of aromatic nitrogens is 3. The summed E-state index contributed by atoms with van der Waals surface area (Å²) in [5.41, 5.74) is 2.64. The zero-order valence-corrected chi connectivity index (χ0v) is 20.5. The van der Waals surface area contributed by atoms with Crippen molar-refractivity contribution in [2.24, 2.45) is 0 Å². The van der Waals surface area contributed by atoms with Crippen LogP contribution in [-0.2, 0) is 0 Å². The van der Waals surface area contributed by atoms with Gasteiger partial charge in [-0.05, 0) is 44.5 Å². The first kappa shape index (κ1) is 21.7. The number of halogens is 1.